The normalized spacial score (nSPS) is 14.8. The molecule has 0 aromatic heterocycles. The molecule has 72 valence electrons. The van der Waals surface area contributed by atoms with Crippen LogP contribution >= 0.6 is 0 Å². The highest BCUT2D eigenvalue weighted by atomic mass is 16.5. The molecule has 0 aliphatic carbocycles. The first-order valence-corrected chi connectivity index (χ1v) is 4.05. The number of rotatable bonds is 0. The molecule has 13 heavy (non-hydrogen) atoms. The number of hydrogen-bond donors (Lipinski definition) is 3. The van der Waals surface area contributed by atoms with Crippen LogP contribution in [-0.2, 0) is 4.74 Å². The summed E-state index contributed by atoms with van der Waals surface area (Å²) in [5.74, 6) is 0.176. The Labute approximate surface area is 76.8 Å². The second kappa shape index (κ2) is 5.40. The number of nitrogens with one attached hydrogen (secondary N) is 1. The maximum Gasteiger partial charge on any atom is 0.119 e. The van der Waals surface area contributed by atoms with Crippen molar-refractivity contribution in [2.45, 2.75) is 0 Å². The molecule has 3 N–H and O–H groups in total. The number of ether oxygens (including phenoxy) is 1. The maximum absolute atomic E-state index is 8.65. The highest BCUT2D eigenvalue weighted by molar-refractivity contribution is 5.30. The topological polar surface area (TPSA) is 61.7 Å². The third-order valence-corrected chi connectivity index (χ3v) is 1.46. The molecule has 1 aliphatic rings. The predicted octanol–water partition coefficient (Wildman–Crippen LogP) is 0.661. The first kappa shape index (κ1) is 9.83. The van der Waals surface area contributed by atoms with Crippen LogP contribution in [0, 0.1) is 0 Å². The molecule has 1 heterocycles. The number of benzene rings is 1. The molecule has 1 aromatic rings. The van der Waals surface area contributed by atoms with Crippen molar-refractivity contribution in [1.82, 2.24) is 5.32 Å². The van der Waals surface area contributed by atoms with Gasteiger partial charge < -0.3 is 14.9 Å². The van der Waals surface area contributed by atoms with Gasteiger partial charge in [0, 0.05) is 12.6 Å². The summed E-state index contributed by atoms with van der Waals surface area (Å²) in [5, 5.41) is 20.3. The van der Waals surface area contributed by atoms with Gasteiger partial charge in [-0.1, -0.05) is 6.07 Å². The third kappa shape index (κ3) is 4.35. The van der Waals surface area contributed by atoms with Gasteiger partial charge in [0.25, 0.3) is 0 Å². The summed E-state index contributed by atoms with van der Waals surface area (Å²) >= 11 is 0. The first-order valence-electron chi connectivity index (χ1n) is 4.05. The van der Waals surface area contributed by atoms with Crippen LogP contribution in [0.3, 0.4) is 0 Å². The van der Waals surface area contributed by atoms with Crippen LogP contribution < -0.4 is 5.32 Å². The first-order chi connectivity index (χ1) is 6.29. The lowest BCUT2D eigenvalue weighted by atomic mass is 10.3. The molecule has 4 heteroatoms. The minimum atomic E-state index is 0.0880. The van der Waals surface area contributed by atoms with Crippen molar-refractivity contribution >= 4 is 0 Å². The van der Waals surface area contributed by atoms with Gasteiger partial charge in [-0.3, -0.25) is 5.32 Å². The molecular formula is C9H13NO3. The largest absolute Gasteiger partial charge is 0.508 e. The molecule has 4 nitrogen and oxygen atoms in total. The Balaban J connectivity index is 0.000000145. The Morgan fingerprint density at radius 2 is 1.92 bits per heavy atom. The number of aromatic hydroxyl groups is 2. The zero-order valence-electron chi connectivity index (χ0n) is 7.23. The molecular weight excluding hydrogens is 170 g/mol. The van der Waals surface area contributed by atoms with Crippen molar-refractivity contribution in [1.29, 1.82) is 0 Å². The van der Waals surface area contributed by atoms with E-state index < -0.39 is 0 Å². The molecule has 1 aromatic carbocycles. The van der Waals surface area contributed by atoms with Gasteiger partial charge in [0.2, 0.25) is 0 Å². The lowest BCUT2D eigenvalue weighted by molar-refractivity contribution is 0.194. The maximum atomic E-state index is 8.65. The molecule has 0 saturated carbocycles. The predicted molar refractivity (Wildman–Crippen MR) is 48.6 cm³/mol. The van der Waals surface area contributed by atoms with E-state index >= 15 is 0 Å². The highest BCUT2D eigenvalue weighted by Crippen LogP contribution is 2.14. The van der Waals surface area contributed by atoms with Crippen molar-refractivity contribution in [3.63, 3.8) is 0 Å². The Morgan fingerprint density at radius 1 is 1.23 bits per heavy atom. The van der Waals surface area contributed by atoms with Crippen LogP contribution in [0.1, 0.15) is 0 Å². The van der Waals surface area contributed by atoms with Gasteiger partial charge in [-0.15, -0.1) is 0 Å². The zero-order chi connectivity index (χ0) is 9.52. The summed E-state index contributed by atoms with van der Waals surface area (Å²) in [5.41, 5.74) is 0. The van der Waals surface area contributed by atoms with Crippen molar-refractivity contribution in [3.05, 3.63) is 24.3 Å². The van der Waals surface area contributed by atoms with Gasteiger partial charge in [0.05, 0.1) is 13.3 Å². The van der Waals surface area contributed by atoms with E-state index in [1.807, 2.05) is 0 Å². The monoisotopic (exact) mass is 183 g/mol. The van der Waals surface area contributed by atoms with Crippen molar-refractivity contribution in [3.8, 4) is 11.5 Å². The summed E-state index contributed by atoms with van der Waals surface area (Å²) in [6.45, 7) is 2.67. The third-order valence-electron chi connectivity index (χ3n) is 1.46. The van der Waals surface area contributed by atoms with Crippen molar-refractivity contribution in [2.75, 3.05) is 19.9 Å². The highest BCUT2D eigenvalue weighted by Gasteiger charge is 1.92. The molecule has 1 saturated heterocycles. The van der Waals surface area contributed by atoms with E-state index in [9.17, 15) is 0 Å². The van der Waals surface area contributed by atoms with E-state index in [0.29, 0.717) is 0 Å². The van der Waals surface area contributed by atoms with E-state index in [2.05, 4.69) is 5.32 Å². The number of hydrogen-bond acceptors (Lipinski definition) is 4. The molecule has 0 atom stereocenters. The fourth-order valence-electron chi connectivity index (χ4n) is 0.854. The lowest BCUT2D eigenvalue weighted by Crippen LogP contribution is -2.05. The quantitative estimate of drug-likeness (QED) is 0.553. The average molecular weight is 183 g/mol. The summed E-state index contributed by atoms with van der Waals surface area (Å²) < 4.78 is 4.83. The van der Waals surface area contributed by atoms with Gasteiger partial charge in [-0.05, 0) is 12.1 Å². The van der Waals surface area contributed by atoms with Crippen molar-refractivity contribution in [2.24, 2.45) is 0 Å². The molecule has 0 bridgehead atoms. The van der Waals surface area contributed by atoms with E-state index in [-0.39, 0.29) is 11.5 Å². The Kier molecular flexibility index (Phi) is 4.08. The molecule has 0 radical (unpaired) electrons. The standard InChI is InChI=1S/C6H6O2.C3H7NO/c7-5-2-1-3-6(8)4-5;1-2-5-3-4-1/h1-4,7-8H;4H,1-3H2. The molecule has 1 aliphatic heterocycles. The zero-order valence-corrected chi connectivity index (χ0v) is 7.23. The molecule has 2 rings (SSSR count). The summed E-state index contributed by atoms with van der Waals surface area (Å²) in [6, 6.07) is 5.85. The van der Waals surface area contributed by atoms with Crippen LogP contribution in [-0.4, -0.2) is 30.1 Å². The lowest BCUT2D eigenvalue weighted by Gasteiger charge is -1.89. The minimum Gasteiger partial charge on any atom is -0.508 e. The molecule has 1 fully saturated rings. The van der Waals surface area contributed by atoms with Crippen molar-refractivity contribution < 1.29 is 14.9 Å². The Bertz CT molecular complexity index is 224. The summed E-state index contributed by atoms with van der Waals surface area (Å²) in [4.78, 5) is 0. The molecule has 0 unspecified atom stereocenters. The second-order valence-corrected chi connectivity index (χ2v) is 2.57. The van der Waals surface area contributed by atoms with E-state index in [1.165, 1.54) is 18.2 Å². The van der Waals surface area contributed by atoms with Gasteiger partial charge >= 0.3 is 0 Å². The summed E-state index contributed by atoms with van der Waals surface area (Å²) in [6.07, 6.45) is 0. The van der Waals surface area contributed by atoms with Gasteiger partial charge in [0.1, 0.15) is 11.5 Å². The smallest absolute Gasteiger partial charge is 0.119 e. The van der Waals surface area contributed by atoms with Crippen LogP contribution in [0.4, 0.5) is 0 Å². The van der Waals surface area contributed by atoms with E-state index in [0.717, 1.165) is 19.9 Å². The van der Waals surface area contributed by atoms with Gasteiger partial charge in [-0.25, -0.2) is 0 Å². The number of phenolic OH excluding ortho intramolecular Hbond substituents is 2. The second-order valence-electron chi connectivity index (χ2n) is 2.57. The van der Waals surface area contributed by atoms with Crippen LogP contribution in [0.15, 0.2) is 24.3 Å². The Hall–Kier alpha value is -1.26. The van der Waals surface area contributed by atoms with Crippen LogP contribution in [0.2, 0.25) is 0 Å². The van der Waals surface area contributed by atoms with Gasteiger partial charge in [0.15, 0.2) is 0 Å². The van der Waals surface area contributed by atoms with Crippen LogP contribution in [0.5, 0.6) is 11.5 Å². The molecule has 0 amide bonds. The Morgan fingerprint density at radius 3 is 2.15 bits per heavy atom. The fraction of sp³-hybridized carbons (Fsp3) is 0.333. The summed E-state index contributed by atoms with van der Waals surface area (Å²) in [7, 11) is 0. The minimum absolute atomic E-state index is 0.0880. The van der Waals surface area contributed by atoms with Crippen LogP contribution in [0.25, 0.3) is 0 Å². The van der Waals surface area contributed by atoms with E-state index in [1.54, 1.807) is 6.07 Å². The van der Waals surface area contributed by atoms with Gasteiger partial charge in [-0.2, -0.15) is 0 Å². The molecule has 0 spiro atoms. The fourth-order valence-corrected chi connectivity index (χ4v) is 0.854. The number of phenols is 2. The SMILES string of the molecule is C1COCN1.Oc1cccc(O)c1. The van der Waals surface area contributed by atoms with E-state index in [4.69, 9.17) is 14.9 Å². The average Bonchev–Trinajstić information content (AvgIpc) is 2.59.